The van der Waals surface area contributed by atoms with E-state index in [1.807, 2.05) is 24.4 Å². The lowest BCUT2D eigenvalue weighted by Gasteiger charge is -2.16. The topological polar surface area (TPSA) is 74.4 Å². The fraction of sp³-hybridized carbons (Fsp3) is 0.273. The molecular formula is C22H21F2N3O3. The molecule has 1 saturated heterocycles. The van der Waals surface area contributed by atoms with Crippen LogP contribution in [0.4, 0.5) is 14.5 Å². The molecule has 2 heterocycles. The van der Waals surface area contributed by atoms with E-state index in [0.717, 1.165) is 40.4 Å². The SMILES string of the molecule is COc1ccc2[nH]cc(CCN3C[C@@H](C(=O)Nc4cc(F)cc(F)c4)CC3=O)c2c1. The molecule has 30 heavy (non-hydrogen) atoms. The Morgan fingerprint density at radius 2 is 2.00 bits per heavy atom. The average molecular weight is 413 g/mol. The van der Waals surface area contributed by atoms with E-state index in [-0.39, 0.29) is 24.6 Å². The number of hydrogen-bond acceptors (Lipinski definition) is 3. The van der Waals surface area contributed by atoms with Crippen molar-refractivity contribution in [2.24, 2.45) is 5.92 Å². The summed E-state index contributed by atoms with van der Waals surface area (Å²) >= 11 is 0. The van der Waals surface area contributed by atoms with Crippen molar-refractivity contribution >= 4 is 28.4 Å². The number of rotatable bonds is 6. The summed E-state index contributed by atoms with van der Waals surface area (Å²) in [5, 5.41) is 3.53. The van der Waals surface area contributed by atoms with Gasteiger partial charge in [0.2, 0.25) is 11.8 Å². The van der Waals surface area contributed by atoms with Crippen LogP contribution >= 0.6 is 0 Å². The summed E-state index contributed by atoms with van der Waals surface area (Å²) in [4.78, 5) is 29.7. The largest absolute Gasteiger partial charge is 0.497 e. The molecule has 0 saturated carbocycles. The normalized spacial score (nSPS) is 16.3. The van der Waals surface area contributed by atoms with Crippen molar-refractivity contribution in [1.82, 2.24) is 9.88 Å². The highest BCUT2D eigenvalue weighted by Crippen LogP contribution is 2.26. The second-order valence-corrected chi connectivity index (χ2v) is 7.36. The summed E-state index contributed by atoms with van der Waals surface area (Å²) in [6.07, 6.45) is 2.61. The van der Waals surface area contributed by atoms with E-state index in [1.54, 1.807) is 12.0 Å². The van der Waals surface area contributed by atoms with Gasteiger partial charge in [0.25, 0.3) is 0 Å². The summed E-state index contributed by atoms with van der Waals surface area (Å²) in [5.74, 6) is -1.89. The standard InChI is InChI=1S/C22H21F2N3O3/c1-30-18-2-3-20-19(10-18)13(11-25-20)4-5-27-12-14(6-21(27)28)22(29)26-17-8-15(23)7-16(24)9-17/h2-3,7-11,14,25H,4-6,12H2,1H3,(H,26,29)/t14-/m0/s1. The van der Waals surface area contributed by atoms with E-state index in [4.69, 9.17) is 4.74 Å². The van der Waals surface area contributed by atoms with Crippen molar-refractivity contribution in [2.75, 3.05) is 25.5 Å². The van der Waals surface area contributed by atoms with Crippen LogP contribution in [0.3, 0.4) is 0 Å². The zero-order chi connectivity index (χ0) is 21.3. The molecule has 2 aromatic carbocycles. The maximum absolute atomic E-state index is 13.3. The molecule has 8 heteroatoms. The van der Waals surface area contributed by atoms with Crippen LogP contribution in [0.1, 0.15) is 12.0 Å². The van der Waals surface area contributed by atoms with Crippen LogP contribution in [0, 0.1) is 17.6 Å². The fourth-order valence-corrected chi connectivity index (χ4v) is 3.78. The molecule has 1 atom stereocenters. The Morgan fingerprint density at radius 1 is 1.23 bits per heavy atom. The van der Waals surface area contributed by atoms with Crippen LogP contribution < -0.4 is 10.1 Å². The Hall–Kier alpha value is -3.42. The van der Waals surface area contributed by atoms with Crippen molar-refractivity contribution in [3.8, 4) is 5.75 Å². The van der Waals surface area contributed by atoms with Crippen LogP contribution in [0.2, 0.25) is 0 Å². The quantitative estimate of drug-likeness (QED) is 0.650. The lowest BCUT2D eigenvalue weighted by molar-refractivity contribution is -0.128. The Morgan fingerprint density at radius 3 is 2.73 bits per heavy atom. The van der Waals surface area contributed by atoms with E-state index in [0.29, 0.717) is 13.0 Å². The molecule has 2 amide bonds. The van der Waals surface area contributed by atoms with Gasteiger partial charge in [0.15, 0.2) is 0 Å². The predicted molar refractivity (Wildman–Crippen MR) is 108 cm³/mol. The van der Waals surface area contributed by atoms with E-state index in [1.165, 1.54) is 0 Å². The predicted octanol–water partition coefficient (Wildman–Crippen LogP) is 3.48. The zero-order valence-corrected chi connectivity index (χ0v) is 16.4. The number of benzene rings is 2. The smallest absolute Gasteiger partial charge is 0.229 e. The molecule has 0 unspecified atom stereocenters. The van der Waals surface area contributed by atoms with Crippen molar-refractivity contribution < 1.29 is 23.1 Å². The highest BCUT2D eigenvalue weighted by atomic mass is 19.1. The third-order valence-corrected chi connectivity index (χ3v) is 5.34. The Bertz CT molecular complexity index is 1090. The second kappa shape index (κ2) is 8.14. The van der Waals surface area contributed by atoms with Crippen LogP contribution in [-0.2, 0) is 16.0 Å². The van der Waals surface area contributed by atoms with Crippen molar-refractivity contribution in [3.05, 3.63) is 59.8 Å². The van der Waals surface area contributed by atoms with Gasteiger partial charge in [-0.25, -0.2) is 8.78 Å². The molecule has 0 bridgehead atoms. The van der Waals surface area contributed by atoms with E-state index in [2.05, 4.69) is 10.3 Å². The number of hydrogen-bond donors (Lipinski definition) is 2. The minimum Gasteiger partial charge on any atom is -0.497 e. The molecule has 1 aliphatic heterocycles. The lowest BCUT2D eigenvalue weighted by atomic mass is 10.1. The number of carbonyl (C=O) groups is 2. The monoisotopic (exact) mass is 413 g/mol. The lowest BCUT2D eigenvalue weighted by Crippen LogP contribution is -2.30. The van der Waals surface area contributed by atoms with Gasteiger partial charge >= 0.3 is 0 Å². The van der Waals surface area contributed by atoms with E-state index in [9.17, 15) is 18.4 Å². The first-order valence-corrected chi connectivity index (χ1v) is 9.61. The summed E-state index contributed by atoms with van der Waals surface area (Å²) in [7, 11) is 1.61. The number of amides is 2. The fourth-order valence-electron chi connectivity index (χ4n) is 3.78. The first-order chi connectivity index (χ1) is 14.4. The van der Waals surface area contributed by atoms with E-state index >= 15 is 0 Å². The number of aromatic nitrogens is 1. The van der Waals surface area contributed by atoms with Gasteiger partial charge in [-0.1, -0.05) is 0 Å². The van der Waals surface area contributed by atoms with Gasteiger partial charge in [0.1, 0.15) is 17.4 Å². The second-order valence-electron chi connectivity index (χ2n) is 7.36. The van der Waals surface area contributed by atoms with Gasteiger partial charge < -0.3 is 19.9 Å². The first kappa shape index (κ1) is 19.9. The number of nitrogens with one attached hydrogen (secondary N) is 2. The highest BCUT2D eigenvalue weighted by molar-refractivity contribution is 5.97. The van der Waals surface area contributed by atoms with Crippen LogP contribution in [0.15, 0.2) is 42.6 Å². The van der Waals surface area contributed by atoms with E-state index < -0.39 is 23.5 Å². The zero-order valence-electron chi connectivity index (χ0n) is 16.4. The summed E-state index contributed by atoms with van der Waals surface area (Å²) in [6, 6.07) is 8.58. The maximum Gasteiger partial charge on any atom is 0.229 e. The number of aromatic amines is 1. The molecular weight excluding hydrogens is 392 g/mol. The number of ether oxygens (including phenoxy) is 1. The van der Waals surface area contributed by atoms with Gasteiger partial charge in [0.05, 0.1) is 13.0 Å². The molecule has 1 aliphatic rings. The number of nitrogens with zero attached hydrogens (tertiary/aromatic N) is 1. The number of methoxy groups -OCH3 is 1. The number of H-pyrrole nitrogens is 1. The molecule has 4 rings (SSSR count). The van der Waals surface area contributed by atoms with Crippen molar-refractivity contribution in [1.29, 1.82) is 0 Å². The molecule has 0 spiro atoms. The Labute approximate surface area is 171 Å². The van der Waals surface area contributed by atoms with Gasteiger partial charge in [-0.3, -0.25) is 9.59 Å². The molecule has 3 aromatic rings. The molecule has 2 N–H and O–H groups in total. The van der Waals surface area contributed by atoms with Gasteiger partial charge in [-0.2, -0.15) is 0 Å². The molecule has 1 fully saturated rings. The summed E-state index contributed by atoms with van der Waals surface area (Å²) in [6.45, 7) is 0.746. The van der Waals surface area contributed by atoms with Crippen molar-refractivity contribution in [3.63, 3.8) is 0 Å². The number of fused-ring (bicyclic) bond motifs is 1. The van der Waals surface area contributed by atoms with Crippen LogP contribution in [0.5, 0.6) is 5.75 Å². The van der Waals surface area contributed by atoms with Gasteiger partial charge in [0, 0.05) is 48.4 Å². The minimum absolute atomic E-state index is 0.0381. The first-order valence-electron chi connectivity index (χ1n) is 9.61. The molecule has 156 valence electrons. The van der Waals surface area contributed by atoms with Crippen LogP contribution in [-0.4, -0.2) is 41.9 Å². The minimum atomic E-state index is -0.773. The third kappa shape index (κ3) is 4.12. The van der Waals surface area contributed by atoms with Crippen LogP contribution in [0.25, 0.3) is 10.9 Å². The molecule has 6 nitrogen and oxygen atoms in total. The number of carbonyl (C=O) groups excluding carboxylic acids is 2. The Kier molecular flexibility index (Phi) is 5.39. The average Bonchev–Trinajstić information content (AvgIpc) is 3.28. The number of anilines is 1. The highest BCUT2D eigenvalue weighted by Gasteiger charge is 2.34. The van der Waals surface area contributed by atoms with Gasteiger partial charge in [-0.15, -0.1) is 0 Å². The Balaban J connectivity index is 1.38. The molecule has 1 aromatic heterocycles. The summed E-state index contributed by atoms with van der Waals surface area (Å²) < 4.78 is 31.9. The molecule has 0 aliphatic carbocycles. The summed E-state index contributed by atoms with van der Waals surface area (Å²) in [5.41, 5.74) is 2.08. The number of likely N-dealkylation sites (tertiary alicyclic amines) is 1. The van der Waals surface area contributed by atoms with Gasteiger partial charge in [-0.05, 0) is 42.3 Å². The maximum atomic E-state index is 13.3. The third-order valence-electron chi connectivity index (χ3n) is 5.34. The molecule has 0 radical (unpaired) electrons. The number of halogens is 2. The van der Waals surface area contributed by atoms with Crippen molar-refractivity contribution in [2.45, 2.75) is 12.8 Å².